The number of methoxy groups -OCH3 is 1. The Kier molecular flexibility index (Phi) is 5.04. The van der Waals surface area contributed by atoms with Crippen LogP contribution in [-0.2, 0) is 5.54 Å². The zero-order valence-electron chi connectivity index (χ0n) is 17.2. The third-order valence-electron chi connectivity index (χ3n) is 5.26. The van der Waals surface area contributed by atoms with E-state index in [0.29, 0.717) is 5.11 Å². The summed E-state index contributed by atoms with van der Waals surface area (Å²) < 4.78 is 7.68. The topological polar surface area (TPSA) is 42.3 Å². The van der Waals surface area contributed by atoms with Gasteiger partial charge in [-0.05, 0) is 68.9 Å². The second kappa shape index (κ2) is 7.52. The van der Waals surface area contributed by atoms with Crippen LogP contribution in [0.3, 0.4) is 0 Å². The van der Waals surface area contributed by atoms with Gasteiger partial charge in [-0.3, -0.25) is 4.98 Å². The van der Waals surface area contributed by atoms with Crippen molar-refractivity contribution >= 4 is 23.0 Å². The summed E-state index contributed by atoms with van der Waals surface area (Å²) in [6.07, 6.45) is 6.17. The zero-order valence-corrected chi connectivity index (χ0v) is 18.0. The quantitative estimate of drug-likeness (QED) is 0.629. The van der Waals surface area contributed by atoms with E-state index in [4.69, 9.17) is 17.0 Å². The van der Waals surface area contributed by atoms with Gasteiger partial charge < -0.3 is 19.5 Å². The molecule has 0 aliphatic carbocycles. The molecule has 0 spiro atoms. The van der Waals surface area contributed by atoms with Crippen LogP contribution in [0.4, 0.5) is 5.69 Å². The van der Waals surface area contributed by atoms with Gasteiger partial charge in [-0.2, -0.15) is 0 Å². The van der Waals surface area contributed by atoms with Gasteiger partial charge in [-0.1, -0.05) is 12.1 Å². The van der Waals surface area contributed by atoms with Crippen LogP contribution < -0.4 is 15.0 Å². The third kappa shape index (κ3) is 3.72. The fourth-order valence-electron chi connectivity index (χ4n) is 3.74. The van der Waals surface area contributed by atoms with E-state index in [9.17, 15) is 0 Å². The Bertz CT molecular complexity index is 1010. The summed E-state index contributed by atoms with van der Waals surface area (Å²) in [6.45, 7) is 6.60. The molecule has 3 heterocycles. The van der Waals surface area contributed by atoms with Crippen molar-refractivity contribution in [3.63, 3.8) is 0 Å². The lowest BCUT2D eigenvalue weighted by molar-refractivity contribution is 0.397. The van der Waals surface area contributed by atoms with Gasteiger partial charge in [0.1, 0.15) is 5.75 Å². The number of hydrogen-bond donors (Lipinski definition) is 1. The van der Waals surface area contributed by atoms with Gasteiger partial charge in [0, 0.05) is 35.9 Å². The van der Waals surface area contributed by atoms with Gasteiger partial charge in [0.15, 0.2) is 5.11 Å². The summed E-state index contributed by atoms with van der Waals surface area (Å²) in [7, 11) is 1.68. The molecule has 1 aromatic carbocycles. The number of thiocarbonyl (C=S) groups is 1. The number of benzene rings is 1. The lowest BCUT2D eigenvalue weighted by atomic mass is 9.98. The van der Waals surface area contributed by atoms with Gasteiger partial charge in [0.25, 0.3) is 0 Å². The first-order valence-electron chi connectivity index (χ1n) is 9.71. The number of pyridine rings is 1. The summed E-state index contributed by atoms with van der Waals surface area (Å²) in [5.41, 5.74) is 3.15. The highest BCUT2D eigenvalue weighted by Gasteiger charge is 2.41. The van der Waals surface area contributed by atoms with Crippen LogP contribution in [0.5, 0.6) is 5.75 Å². The van der Waals surface area contributed by atoms with Gasteiger partial charge in [0.05, 0.1) is 24.9 Å². The number of hydrogen-bond acceptors (Lipinski definition) is 3. The summed E-state index contributed by atoms with van der Waals surface area (Å²) in [4.78, 5) is 6.77. The van der Waals surface area contributed by atoms with Crippen LogP contribution in [-0.4, -0.2) is 21.8 Å². The first-order valence-corrected chi connectivity index (χ1v) is 10.1. The Hall–Kier alpha value is -2.86. The van der Waals surface area contributed by atoms with E-state index in [1.165, 1.54) is 5.56 Å². The largest absolute Gasteiger partial charge is 0.497 e. The number of nitrogens with zero attached hydrogens (tertiary/aromatic N) is 3. The van der Waals surface area contributed by atoms with Crippen molar-refractivity contribution < 1.29 is 4.74 Å². The van der Waals surface area contributed by atoms with Gasteiger partial charge >= 0.3 is 0 Å². The SMILES string of the molecule is COc1cccc(N2C(=S)N[C@@H](c3ccccn3)[C@H]2c2ccn(C(C)(C)C)c2)c1. The van der Waals surface area contributed by atoms with Crippen LogP contribution in [0.15, 0.2) is 67.1 Å². The maximum absolute atomic E-state index is 5.78. The molecule has 1 aliphatic heterocycles. The standard InChI is InChI=1S/C23H26N4OS/c1-23(2,3)26-13-11-16(15-26)21-20(19-10-5-6-12-24-19)25-22(29)27(21)17-8-7-9-18(14-17)28-4/h5-15,20-21H,1-4H3,(H,25,29)/t20-,21+/m0/s1. The van der Waals surface area contributed by atoms with E-state index in [0.717, 1.165) is 17.1 Å². The molecule has 1 N–H and O–H groups in total. The first-order chi connectivity index (χ1) is 13.9. The van der Waals surface area contributed by atoms with E-state index >= 15 is 0 Å². The molecule has 0 amide bonds. The molecule has 2 aromatic heterocycles. The average molecular weight is 407 g/mol. The van der Waals surface area contributed by atoms with Crippen LogP contribution in [0.1, 0.15) is 44.1 Å². The Morgan fingerprint density at radius 1 is 1.10 bits per heavy atom. The summed E-state index contributed by atoms with van der Waals surface area (Å²) in [5, 5.41) is 4.18. The molecule has 5 nitrogen and oxygen atoms in total. The second-order valence-corrected chi connectivity index (χ2v) is 8.61. The maximum atomic E-state index is 5.78. The average Bonchev–Trinajstić information content (AvgIpc) is 3.33. The molecular formula is C23H26N4OS. The van der Waals surface area contributed by atoms with Crippen molar-refractivity contribution in [1.29, 1.82) is 0 Å². The lowest BCUT2D eigenvalue weighted by Crippen LogP contribution is -2.29. The van der Waals surface area contributed by atoms with Gasteiger partial charge in [-0.25, -0.2) is 0 Å². The molecule has 3 aromatic rings. The Morgan fingerprint density at radius 2 is 1.93 bits per heavy atom. The fraction of sp³-hybridized carbons (Fsp3) is 0.304. The monoisotopic (exact) mass is 406 g/mol. The number of ether oxygens (including phenoxy) is 1. The molecule has 2 atom stereocenters. The molecule has 150 valence electrons. The minimum absolute atomic E-state index is 0.00603. The summed E-state index contributed by atoms with van der Waals surface area (Å²) >= 11 is 5.78. The predicted octanol–water partition coefficient (Wildman–Crippen LogP) is 4.82. The van der Waals surface area contributed by atoms with Crippen molar-refractivity contribution in [3.05, 3.63) is 78.4 Å². The highest BCUT2D eigenvalue weighted by molar-refractivity contribution is 7.80. The Balaban J connectivity index is 1.82. The highest BCUT2D eigenvalue weighted by Crippen LogP contribution is 2.42. The normalized spacial score (nSPS) is 19.3. The predicted molar refractivity (Wildman–Crippen MR) is 120 cm³/mol. The summed E-state index contributed by atoms with van der Waals surface area (Å²) in [6, 6.07) is 16.1. The molecule has 6 heteroatoms. The molecule has 0 radical (unpaired) electrons. The van der Waals surface area contributed by atoms with Gasteiger partial charge in [0.2, 0.25) is 0 Å². The van der Waals surface area contributed by atoms with Crippen LogP contribution >= 0.6 is 12.2 Å². The zero-order chi connectivity index (χ0) is 20.6. The second-order valence-electron chi connectivity index (χ2n) is 8.22. The summed E-state index contributed by atoms with van der Waals surface area (Å²) in [5.74, 6) is 0.803. The van der Waals surface area contributed by atoms with E-state index in [1.807, 2.05) is 42.6 Å². The number of nitrogens with one attached hydrogen (secondary N) is 1. The Labute approximate surface area is 177 Å². The molecule has 0 unspecified atom stereocenters. The highest BCUT2D eigenvalue weighted by atomic mass is 32.1. The molecule has 0 bridgehead atoms. The van der Waals surface area contributed by atoms with E-state index in [1.54, 1.807) is 7.11 Å². The van der Waals surface area contributed by atoms with Crippen LogP contribution in [0.25, 0.3) is 0 Å². The van der Waals surface area contributed by atoms with E-state index in [2.05, 4.69) is 65.1 Å². The van der Waals surface area contributed by atoms with Gasteiger partial charge in [-0.15, -0.1) is 0 Å². The molecule has 1 fully saturated rings. The van der Waals surface area contributed by atoms with Crippen LogP contribution in [0, 0.1) is 0 Å². The Morgan fingerprint density at radius 3 is 2.59 bits per heavy atom. The number of anilines is 1. The molecular weight excluding hydrogens is 380 g/mol. The van der Waals surface area contributed by atoms with Crippen molar-refractivity contribution in [1.82, 2.24) is 14.9 Å². The molecule has 1 saturated heterocycles. The van der Waals surface area contributed by atoms with Crippen molar-refractivity contribution in [3.8, 4) is 5.75 Å². The third-order valence-corrected chi connectivity index (χ3v) is 5.58. The number of aromatic nitrogens is 2. The van der Waals surface area contributed by atoms with Crippen molar-refractivity contribution in [2.24, 2.45) is 0 Å². The number of rotatable bonds is 4. The van der Waals surface area contributed by atoms with Crippen LogP contribution in [0.2, 0.25) is 0 Å². The van der Waals surface area contributed by atoms with E-state index in [-0.39, 0.29) is 17.6 Å². The first kappa shape index (κ1) is 19.5. The smallest absolute Gasteiger partial charge is 0.174 e. The minimum atomic E-state index is -0.0503. The molecule has 29 heavy (non-hydrogen) atoms. The van der Waals surface area contributed by atoms with Crippen molar-refractivity contribution in [2.75, 3.05) is 12.0 Å². The molecule has 0 saturated carbocycles. The fourth-order valence-corrected chi connectivity index (χ4v) is 4.08. The minimum Gasteiger partial charge on any atom is -0.497 e. The van der Waals surface area contributed by atoms with Crippen molar-refractivity contribution in [2.45, 2.75) is 38.4 Å². The maximum Gasteiger partial charge on any atom is 0.174 e. The van der Waals surface area contributed by atoms with E-state index < -0.39 is 0 Å². The molecule has 4 rings (SSSR count). The molecule has 1 aliphatic rings. The lowest BCUT2D eigenvalue weighted by Gasteiger charge is -2.28.